The fraction of sp³-hybridized carbons (Fsp3) is 0.455. The largest absolute Gasteiger partial charge is 0.396 e. The van der Waals surface area contributed by atoms with E-state index in [1.54, 1.807) is 17.2 Å². The SMILES string of the molecule is Cc1cc(C(=O)N2CCC(CN3CCN(Cc4ccc5c(c4)C(C)(C)C(=O)N5C4CCC(=O)NC4=O)C[C@@H]3C)CC2)cc(F)c1C1=CCN([C@@H](C)c2cc3c(-n4cc(F)c(N)cc4=O)ccnc3n2C)CC1. The highest BCUT2D eigenvalue weighted by Crippen LogP contribution is 2.44. The summed E-state index contributed by atoms with van der Waals surface area (Å²) in [6, 6.07) is 13.7. The van der Waals surface area contributed by atoms with Gasteiger partial charge in [-0.1, -0.05) is 18.2 Å². The number of likely N-dealkylation sites (tertiary alicyclic amines) is 1. The number of piperidine rings is 2. The van der Waals surface area contributed by atoms with Gasteiger partial charge >= 0.3 is 0 Å². The number of imide groups is 1. The summed E-state index contributed by atoms with van der Waals surface area (Å²) in [6.45, 7) is 17.0. The third-order valence-corrected chi connectivity index (χ3v) is 16.2. The van der Waals surface area contributed by atoms with E-state index in [-0.39, 0.29) is 41.7 Å². The summed E-state index contributed by atoms with van der Waals surface area (Å²) >= 11 is 0. The van der Waals surface area contributed by atoms with Gasteiger partial charge < -0.3 is 15.2 Å². The van der Waals surface area contributed by atoms with E-state index in [4.69, 9.17) is 5.73 Å². The Morgan fingerprint density at radius 3 is 2.42 bits per heavy atom. The van der Waals surface area contributed by atoms with Crippen LogP contribution in [0.2, 0.25) is 0 Å². The van der Waals surface area contributed by atoms with Crippen molar-refractivity contribution in [3.8, 4) is 5.69 Å². The molecule has 3 fully saturated rings. The summed E-state index contributed by atoms with van der Waals surface area (Å²) in [7, 11) is 1.92. The van der Waals surface area contributed by atoms with Crippen molar-refractivity contribution in [3.63, 3.8) is 0 Å². The number of hydrogen-bond acceptors (Lipinski definition) is 10. The molecule has 8 heterocycles. The Kier molecular flexibility index (Phi) is 13.0. The number of nitrogen functional groups attached to an aromatic ring is 1. The first-order valence-corrected chi connectivity index (χ1v) is 25.3. The molecule has 378 valence electrons. The lowest BCUT2D eigenvalue weighted by Crippen LogP contribution is -2.55. The highest BCUT2D eigenvalue weighted by atomic mass is 19.1. The standard InChI is InChI=1S/C55H64F2N10O5/c1-32-23-38(25-41(56)50(32)37-14-19-63(20-15-37)34(3)47-26-39-44(11-16-59-51(39)61(47)6)66-31-42(57)43(58)27-49(66)69)53(71)64-17-12-35(13-18-64)30-65-22-21-62(28-33(65)2)29-36-7-8-45-40(24-36)55(4,5)54(72)67(45)46-9-10-48(68)60-52(46)70/h7-8,11,14,16,23-27,31,33-35,46H,9-10,12-13,15,17-22,28-30,58H2,1-6H3,(H,60,68,70)/t33-,34-,46?/m0/s1. The number of aromatic nitrogens is 3. The van der Waals surface area contributed by atoms with Crippen LogP contribution in [0.5, 0.6) is 0 Å². The lowest BCUT2D eigenvalue weighted by atomic mass is 9.85. The highest BCUT2D eigenvalue weighted by Gasteiger charge is 2.49. The maximum atomic E-state index is 16.1. The number of rotatable bonds is 10. The Morgan fingerprint density at radius 1 is 0.931 bits per heavy atom. The Morgan fingerprint density at radius 2 is 1.71 bits per heavy atom. The molecule has 0 aliphatic carbocycles. The Bertz CT molecular complexity index is 3090. The van der Waals surface area contributed by atoms with Gasteiger partial charge in [0.1, 0.15) is 17.5 Å². The lowest BCUT2D eigenvalue weighted by molar-refractivity contribution is -0.136. The molecule has 0 radical (unpaired) electrons. The molecule has 1 unspecified atom stereocenters. The van der Waals surface area contributed by atoms with Crippen molar-refractivity contribution in [2.24, 2.45) is 13.0 Å². The number of pyridine rings is 2. The molecular weight excluding hydrogens is 919 g/mol. The minimum absolute atomic E-state index is 0.0564. The lowest BCUT2D eigenvalue weighted by Gasteiger charge is -2.42. The first-order chi connectivity index (χ1) is 34.4. The number of halogens is 2. The minimum atomic E-state index is -0.789. The molecule has 0 saturated carbocycles. The molecule has 10 rings (SSSR count). The van der Waals surface area contributed by atoms with Crippen molar-refractivity contribution >= 4 is 51.6 Å². The summed E-state index contributed by atoms with van der Waals surface area (Å²) in [5.41, 5.74) is 11.7. The van der Waals surface area contributed by atoms with Crippen molar-refractivity contribution in [2.75, 3.05) is 63.0 Å². The number of hydrogen-bond donors (Lipinski definition) is 2. The number of amides is 4. The number of carbonyl (C=O) groups excluding carboxylic acids is 4. The van der Waals surface area contributed by atoms with Gasteiger partial charge in [0.2, 0.25) is 17.7 Å². The van der Waals surface area contributed by atoms with Crippen LogP contribution in [-0.2, 0) is 33.4 Å². The Balaban J connectivity index is 0.718. The van der Waals surface area contributed by atoms with E-state index < -0.39 is 28.7 Å². The fourth-order valence-electron chi connectivity index (χ4n) is 12.0. The first-order valence-electron chi connectivity index (χ1n) is 25.3. The van der Waals surface area contributed by atoms with E-state index in [0.29, 0.717) is 78.8 Å². The predicted molar refractivity (Wildman–Crippen MR) is 272 cm³/mol. The van der Waals surface area contributed by atoms with Crippen LogP contribution in [0, 0.1) is 24.5 Å². The first kappa shape index (κ1) is 49.0. The van der Waals surface area contributed by atoms with Crippen LogP contribution in [0.1, 0.15) is 104 Å². The predicted octanol–water partition coefficient (Wildman–Crippen LogP) is 6.23. The number of carbonyl (C=O) groups is 4. The van der Waals surface area contributed by atoms with Crippen LogP contribution in [0.3, 0.4) is 0 Å². The second kappa shape index (κ2) is 19.1. The molecule has 0 bridgehead atoms. The van der Waals surface area contributed by atoms with Crippen LogP contribution in [0.4, 0.5) is 20.2 Å². The Labute approximate surface area is 418 Å². The Hall–Kier alpha value is -6.56. The number of nitrogens with two attached hydrogens (primary N) is 1. The maximum absolute atomic E-state index is 16.1. The number of piperazine rings is 1. The van der Waals surface area contributed by atoms with Crippen molar-refractivity contribution in [1.29, 1.82) is 0 Å². The molecule has 0 spiro atoms. The zero-order valence-electron chi connectivity index (χ0n) is 42.0. The fourth-order valence-corrected chi connectivity index (χ4v) is 12.0. The van der Waals surface area contributed by atoms with Crippen LogP contribution >= 0.6 is 0 Å². The zero-order chi connectivity index (χ0) is 50.9. The molecule has 15 nitrogen and oxygen atoms in total. The van der Waals surface area contributed by atoms with E-state index in [9.17, 15) is 28.4 Å². The molecule has 3 aromatic heterocycles. The van der Waals surface area contributed by atoms with E-state index >= 15 is 4.39 Å². The van der Waals surface area contributed by atoms with E-state index in [1.807, 2.05) is 55.5 Å². The average Bonchev–Trinajstić information content (AvgIpc) is 3.79. The van der Waals surface area contributed by atoms with Crippen LogP contribution in [0.15, 0.2) is 71.8 Å². The number of anilines is 2. The molecule has 5 aromatic rings. The van der Waals surface area contributed by atoms with Crippen LogP contribution < -0.4 is 21.5 Å². The smallest absolute Gasteiger partial charge is 0.257 e. The third-order valence-electron chi connectivity index (χ3n) is 16.2. The molecule has 72 heavy (non-hydrogen) atoms. The van der Waals surface area contributed by atoms with Crippen molar-refractivity contribution in [1.82, 2.24) is 39.0 Å². The molecule has 4 amide bonds. The number of nitrogens with zero attached hydrogens (tertiary/aromatic N) is 8. The average molecular weight is 983 g/mol. The van der Waals surface area contributed by atoms with Gasteiger partial charge in [0.25, 0.3) is 11.5 Å². The minimum Gasteiger partial charge on any atom is -0.396 e. The van der Waals surface area contributed by atoms with Crippen LogP contribution in [0.25, 0.3) is 22.3 Å². The zero-order valence-corrected chi connectivity index (χ0v) is 42.0. The van der Waals surface area contributed by atoms with Gasteiger partial charge in [-0.05, 0) is 119 Å². The summed E-state index contributed by atoms with van der Waals surface area (Å²) in [4.78, 5) is 80.3. The van der Waals surface area contributed by atoms with Crippen molar-refractivity contribution in [3.05, 3.63) is 123 Å². The van der Waals surface area contributed by atoms with Crippen molar-refractivity contribution in [2.45, 2.75) is 96.8 Å². The monoisotopic (exact) mass is 983 g/mol. The quantitative estimate of drug-likeness (QED) is 0.154. The van der Waals surface area contributed by atoms with Gasteiger partial charge in [-0.25, -0.2) is 13.8 Å². The third kappa shape index (κ3) is 8.93. The molecule has 17 heteroatoms. The normalized spacial score (nSPS) is 21.8. The summed E-state index contributed by atoms with van der Waals surface area (Å²) in [5, 5.41) is 3.11. The van der Waals surface area contributed by atoms with Gasteiger partial charge in [0, 0.05) is 125 Å². The molecule has 3 atom stereocenters. The van der Waals surface area contributed by atoms with Crippen molar-refractivity contribution < 1.29 is 28.0 Å². The van der Waals surface area contributed by atoms with E-state index in [2.05, 4.69) is 57.1 Å². The maximum Gasteiger partial charge on any atom is 0.257 e. The number of aryl methyl sites for hydroxylation is 2. The molecule has 3 saturated heterocycles. The topological polar surface area (TPSA) is 162 Å². The summed E-state index contributed by atoms with van der Waals surface area (Å²) < 4.78 is 33.8. The van der Waals surface area contributed by atoms with Gasteiger partial charge in [-0.3, -0.25) is 53.5 Å². The second-order valence-electron chi connectivity index (χ2n) is 21.2. The molecule has 2 aromatic carbocycles. The second-order valence-corrected chi connectivity index (χ2v) is 21.2. The molecule has 3 N–H and O–H groups in total. The highest BCUT2D eigenvalue weighted by molar-refractivity contribution is 6.13. The van der Waals surface area contributed by atoms with E-state index in [0.717, 1.165) is 91.5 Å². The summed E-state index contributed by atoms with van der Waals surface area (Å²) in [6.07, 6.45) is 7.70. The number of benzene rings is 2. The molecule has 5 aliphatic heterocycles. The van der Waals surface area contributed by atoms with Gasteiger partial charge in [-0.15, -0.1) is 0 Å². The van der Waals surface area contributed by atoms with Gasteiger partial charge in [-0.2, -0.15) is 0 Å². The number of nitrogens with one attached hydrogen (secondary N) is 1. The molecular formula is C55H64F2N10O5. The van der Waals surface area contributed by atoms with E-state index in [1.165, 1.54) is 10.6 Å². The molecule has 5 aliphatic rings. The van der Waals surface area contributed by atoms with Gasteiger partial charge in [0.15, 0.2) is 5.82 Å². The summed E-state index contributed by atoms with van der Waals surface area (Å²) in [5.74, 6) is -1.60. The van der Waals surface area contributed by atoms with Crippen LogP contribution in [-0.4, -0.2) is 122 Å². The number of fused-ring (bicyclic) bond motifs is 2. The van der Waals surface area contributed by atoms with Gasteiger partial charge in [0.05, 0.1) is 23.0 Å².